The monoisotopic (exact) mass is 241 g/mol. The van der Waals surface area contributed by atoms with Crippen molar-refractivity contribution in [3.8, 4) is 22.9 Å². The van der Waals surface area contributed by atoms with Gasteiger partial charge in [0, 0.05) is 0 Å². The molecule has 90 valence electrons. The van der Waals surface area contributed by atoms with Crippen LogP contribution in [0.5, 0.6) is 5.75 Å². The third kappa shape index (κ3) is 2.49. The Morgan fingerprint density at radius 1 is 1.11 bits per heavy atom. The maximum absolute atomic E-state index is 13.5. The van der Waals surface area contributed by atoms with Crippen LogP contribution >= 0.6 is 0 Å². The predicted octanol–water partition coefficient (Wildman–Crippen LogP) is 3.76. The number of halogens is 1. The van der Waals surface area contributed by atoms with Crippen LogP contribution < -0.4 is 4.74 Å². The fourth-order valence-electron chi connectivity index (χ4n) is 1.70. The Bertz CT molecular complexity index is 584. The largest absolute Gasteiger partial charge is 0.494 e. The average Bonchev–Trinajstić information content (AvgIpc) is 2.40. The fourth-order valence-corrected chi connectivity index (χ4v) is 1.70. The van der Waals surface area contributed by atoms with Gasteiger partial charge in [0.05, 0.1) is 12.2 Å². The Morgan fingerprint density at radius 2 is 1.78 bits per heavy atom. The molecular formula is C15H12FNO. The molecule has 0 radical (unpaired) electrons. The first-order chi connectivity index (χ1) is 8.74. The summed E-state index contributed by atoms with van der Waals surface area (Å²) >= 11 is 0. The minimum absolute atomic E-state index is 0.0599. The van der Waals surface area contributed by atoms with Gasteiger partial charge >= 0.3 is 0 Å². The highest BCUT2D eigenvalue weighted by atomic mass is 19.1. The van der Waals surface area contributed by atoms with Crippen LogP contribution in [0.3, 0.4) is 0 Å². The van der Waals surface area contributed by atoms with Crippen molar-refractivity contribution < 1.29 is 9.13 Å². The van der Waals surface area contributed by atoms with Gasteiger partial charge in [0.1, 0.15) is 17.6 Å². The summed E-state index contributed by atoms with van der Waals surface area (Å²) in [6, 6.07) is 13.8. The molecule has 0 aliphatic heterocycles. The number of benzene rings is 2. The van der Waals surface area contributed by atoms with Crippen molar-refractivity contribution in [1.82, 2.24) is 0 Å². The zero-order valence-corrected chi connectivity index (χ0v) is 9.98. The smallest absolute Gasteiger partial charge is 0.141 e. The summed E-state index contributed by atoms with van der Waals surface area (Å²) in [5, 5.41) is 8.67. The highest BCUT2D eigenvalue weighted by molar-refractivity contribution is 5.65. The standard InChI is InChI=1S/C15H12FNO/c1-2-18-14-7-5-11(6-8-14)12-3-4-13(10-17)15(16)9-12/h3-9H,2H2,1H3. The molecule has 3 heteroatoms. The molecule has 0 aromatic heterocycles. The van der Waals surface area contributed by atoms with Crippen molar-refractivity contribution in [2.75, 3.05) is 6.61 Å². The first-order valence-electron chi connectivity index (χ1n) is 5.67. The summed E-state index contributed by atoms with van der Waals surface area (Å²) in [5.41, 5.74) is 1.70. The lowest BCUT2D eigenvalue weighted by atomic mass is 10.0. The normalized spacial score (nSPS) is 9.83. The zero-order valence-electron chi connectivity index (χ0n) is 9.98. The predicted molar refractivity (Wildman–Crippen MR) is 67.7 cm³/mol. The van der Waals surface area contributed by atoms with Crippen LogP contribution in [-0.2, 0) is 0 Å². The van der Waals surface area contributed by atoms with Crippen molar-refractivity contribution >= 4 is 0 Å². The third-order valence-electron chi connectivity index (χ3n) is 2.59. The molecule has 18 heavy (non-hydrogen) atoms. The number of hydrogen-bond donors (Lipinski definition) is 0. The molecule has 2 rings (SSSR count). The van der Waals surface area contributed by atoms with Gasteiger partial charge in [0.2, 0.25) is 0 Å². The maximum Gasteiger partial charge on any atom is 0.141 e. The van der Waals surface area contributed by atoms with Crippen LogP contribution in [0.25, 0.3) is 11.1 Å². The molecule has 0 spiro atoms. The fraction of sp³-hybridized carbons (Fsp3) is 0.133. The number of nitrogens with zero attached hydrogens (tertiary/aromatic N) is 1. The summed E-state index contributed by atoms with van der Waals surface area (Å²) in [6.45, 7) is 2.54. The molecule has 0 atom stereocenters. The molecule has 0 aliphatic carbocycles. The van der Waals surface area contributed by atoms with E-state index in [0.717, 1.165) is 16.9 Å². The quantitative estimate of drug-likeness (QED) is 0.819. The lowest BCUT2D eigenvalue weighted by molar-refractivity contribution is 0.340. The van der Waals surface area contributed by atoms with Crippen LogP contribution in [0.1, 0.15) is 12.5 Å². The number of hydrogen-bond acceptors (Lipinski definition) is 2. The maximum atomic E-state index is 13.5. The molecule has 0 N–H and O–H groups in total. The summed E-state index contributed by atoms with van der Waals surface area (Å²) < 4.78 is 18.8. The van der Waals surface area contributed by atoms with E-state index in [-0.39, 0.29) is 5.56 Å². The number of ether oxygens (including phenoxy) is 1. The van der Waals surface area contributed by atoms with Gasteiger partial charge in [-0.1, -0.05) is 18.2 Å². The van der Waals surface area contributed by atoms with Crippen LogP contribution in [0, 0.1) is 17.1 Å². The summed E-state index contributed by atoms with van der Waals surface area (Å²) in [7, 11) is 0. The van der Waals surface area contributed by atoms with Crippen molar-refractivity contribution in [3.05, 3.63) is 53.8 Å². The minimum Gasteiger partial charge on any atom is -0.494 e. The Hall–Kier alpha value is -2.34. The third-order valence-corrected chi connectivity index (χ3v) is 2.59. The SMILES string of the molecule is CCOc1ccc(-c2ccc(C#N)c(F)c2)cc1. The van der Waals surface area contributed by atoms with Crippen LogP contribution in [0.2, 0.25) is 0 Å². The number of nitriles is 1. The molecule has 0 fully saturated rings. The van der Waals surface area contributed by atoms with Gasteiger partial charge in [-0.25, -0.2) is 4.39 Å². The summed E-state index contributed by atoms with van der Waals surface area (Å²) in [6.07, 6.45) is 0. The molecule has 0 amide bonds. The highest BCUT2D eigenvalue weighted by Crippen LogP contribution is 2.24. The molecule has 2 aromatic rings. The molecular weight excluding hydrogens is 229 g/mol. The van der Waals surface area contributed by atoms with E-state index < -0.39 is 5.82 Å². The average molecular weight is 241 g/mol. The lowest BCUT2D eigenvalue weighted by Gasteiger charge is -2.05. The van der Waals surface area contributed by atoms with Crippen LogP contribution in [0.15, 0.2) is 42.5 Å². The van der Waals surface area contributed by atoms with Gasteiger partial charge in [-0.05, 0) is 42.3 Å². The lowest BCUT2D eigenvalue weighted by Crippen LogP contribution is -1.91. The van der Waals surface area contributed by atoms with E-state index in [1.807, 2.05) is 31.2 Å². The molecule has 0 saturated carbocycles. The second-order valence-corrected chi connectivity index (χ2v) is 3.76. The molecule has 0 heterocycles. The first kappa shape index (κ1) is 12.1. The van der Waals surface area contributed by atoms with Crippen LogP contribution in [0.4, 0.5) is 4.39 Å². The highest BCUT2D eigenvalue weighted by Gasteiger charge is 2.04. The van der Waals surface area contributed by atoms with E-state index in [9.17, 15) is 4.39 Å². The molecule has 0 saturated heterocycles. The van der Waals surface area contributed by atoms with Gasteiger partial charge in [-0.15, -0.1) is 0 Å². The van der Waals surface area contributed by atoms with E-state index in [2.05, 4.69) is 0 Å². The van der Waals surface area contributed by atoms with E-state index in [1.165, 1.54) is 12.1 Å². The Kier molecular flexibility index (Phi) is 3.59. The van der Waals surface area contributed by atoms with Gasteiger partial charge in [0.25, 0.3) is 0 Å². The first-order valence-corrected chi connectivity index (χ1v) is 5.67. The second kappa shape index (κ2) is 5.33. The molecule has 0 unspecified atom stereocenters. The Labute approximate surface area is 105 Å². The van der Waals surface area contributed by atoms with Crippen molar-refractivity contribution in [1.29, 1.82) is 5.26 Å². The van der Waals surface area contributed by atoms with Crippen molar-refractivity contribution in [3.63, 3.8) is 0 Å². The molecule has 0 bridgehead atoms. The van der Waals surface area contributed by atoms with Gasteiger partial charge in [-0.2, -0.15) is 5.26 Å². The Balaban J connectivity index is 2.31. The number of rotatable bonds is 3. The van der Waals surface area contributed by atoms with E-state index in [0.29, 0.717) is 6.61 Å². The van der Waals surface area contributed by atoms with Gasteiger partial charge in [0.15, 0.2) is 0 Å². The minimum atomic E-state index is -0.496. The molecule has 2 nitrogen and oxygen atoms in total. The summed E-state index contributed by atoms with van der Waals surface area (Å²) in [4.78, 5) is 0. The second-order valence-electron chi connectivity index (χ2n) is 3.76. The Morgan fingerprint density at radius 3 is 2.33 bits per heavy atom. The zero-order chi connectivity index (χ0) is 13.0. The van der Waals surface area contributed by atoms with E-state index in [1.54, 1.807) is 12.1 Å². The topological polar surface area (TPSA) is 33.0 Å². The van der Waals surface area contributed by atoms with Crippen molar-refractivity contribution in [2.45, 2.75) is 6.92 Å². The summed E-state index contributed by atoms with van der Waals surface area (Å²) in [5.74, 6) is 0.291. The van der Waals surface area contributed by atoms with Gasteiger partial charge < -0.3 is 4.74 Å². The van der Waals surface area contributed by atoms with Gasteiger partial charge in [-0.3, -0.25) is 0 Å². The molecule has 2 aromatic carbocycles. The van der Waals surface area contributed by atoms with Crippen LogP contribution in [-0.4, -0.2) is 6.61 Å². The van der Waals surface area contributed by atoms with Crippen molar-refractivity contribution in [2.24, 2.45) is 0 Å². The molecule has 0 aliphatic rings. The van der Waals surface area contributed by atoms with E-state index in [4.69, 9.17) is 10.00 Å². The van der Waals surface area contributed by atoms with E-state index >= 15 is 0 Å².